The van der Waals surface area contributed by atoms with Gasteiger partial charge in [-0.1, -0.05) is 24.3 Å². The van der Waals surface area contributed by atoms with Gasteiger partial charge in [0.1, 0.15) is 23.0 Å². The van der Waals surface area contributed by atoms with Gasteiger partial charge in [0, 0.05) is 22.3 Å². The van der Waals surface area contributed by atoms with Gasteiger partial charge in [-0.2, -0.15) is 0 Å². The standard InChI is InChI=1S/C26H16F2O4/c27-25-19(21-9-13-1-3-17(29)7-15(13)11-23(21)31)5-6-20(26(25)28)22-10-14-2-4-18(30)8-16(14)12-24(22)32/h1-12,29-32H. The summed E-state index contributed by atoms with van der Waals surface area (Å²) in [5.74, 6) is -2.81. The van der Waals surface area contributed by atoms with Crippen molar-refractivity contribution in [3.63, 3.8) is 0 Å². The second kappa shape index (κ2) is 7.13. The molecule has 0 aliphatic carbocycles. The first kappa shape index (κ1) is 19.6. The molecule has 0 amide bonds. The molecule has 0 spiro atoms. The summed E-state index contributed by atoms with van der Waals surface area (Å²) in [5.41, 5.74) is -0.0680. The summed E-state index contributed by atoms with van der Waals surface area (Å²) in [7, 11) is 0. The van der Waals surface area contributed by atoms with Crippen molar-refractivity contribution in [2.45, 2.75) is 0 Å². The Bertz CT molecular complexity index is 1430. The van der Waals surface area contributed by atoms with E-state index in [1.165, 1.54) is 60.7 Å². The highest BCUT2D eigenvalue weighted by molar-refractivity contribution is 5.93. The van der Waals surface area contributed by atoms with Crippen molar-refractivity contribution >= 4 is 21.5 Å². The van der Waals surface area contributed by atoms with Crippen molar-refractivity contribution in [2.24, 2.45) is 0 Å². The molecule has 0 saturated carbocycles. The highest BCUT2D eigenvalue weighted by Gasteiger charge is 2.20. The van der Waals surface area contributed by atoms with Crippen molar-refractivity contribution in [1.82, 2.24) is 0 Å². The van der Waals surface area contributed by atoms with Gasteiger partial charge in [-0.05, 0) is 70.1 Å². The van der Waals surface area contributed by atoms with Gasteiger partial charge < -0.3 is 20.4 Å². The van der Waals surface area contributed by atoms with Crippen LogP contribution in [0.3, 0.4) is 0 Å². The minimum atomic E-state index is -1.17. The van der Waals surface area contributed by atoms with Crippen LogP contribution in [0.1, 0.15) is 0 Å². The first-order valence-corrected chi connectivity index (χ1v) is 9.72. The highest BCUT2D eigenvalue weighted by atomic mass is 19.2. The predicted octanol–water partition coefficient (Wildman–Crippen LogP) is 6.43. The molecule has 0 atom stereocenters. The molecule has 32 heavy (non-hydrogen) atoms. The molecule has 0 aliphatic heterocycles. The van der Waals surface area contributed by atoms with Crippen LogP contribution < -0.4 is 0 Å². The smallest absolute Gasteiger partial charge is 0.167 e. The summed E-state index contributed by atoms with van der Waals surface area (Å²) in [4.78, 5) is 0. The molecule has 0 aromatic heterocycles. The first-order chi connectivity index (χ1) is 15.3. The van der Waals surface area contributed by atoms with Gasteiger partial charge in [-0.15, -0.1) is 0 Å². The molecule has 4 nitrogen and oxygen atoms in total. The number of hydrogen-bond acceptors (Lipinski definition) is 4. The van der Waals surface area contributed by atoms with E-state index >= 15 is 8.78 Å². The van der Waals surface area contributed by atoms with E-state index in [4.69, 9.17) is 0 Å². The van der Waals surface area contributed by atoms with E-state index in [-0.39, 0.29) is 45.3 Å². The largest absolute Gasteiger partial charge is 0.508 e. The van der Waals surface area contributed by atoms with Gasteiger partial charge >= 0.3 is 0 Å². The molecule has 5 aromatic carbocycles. The van der Waals surface area contributed by atoms with Crippen molar-refractivity contribution in [2.75, 3.05) is 0 Å². The van der Waals surface area contributed by atoms with Gasteiger partial charge in [0.2, 0.25) is 0 Å². The SMILES string of the molecule is Oc1ccc2cc(-c3ccc(-c4cc5ccc(O)cc5cc4O)c(F)c3F)c(O)cc2c1. The van der Waals surface area contributed by atoms with Gasteiger partial charge in [0.05, 0.1) is 0 Å². The maximum absolute atomic E-state index is 15.1. The van der Waals surface area contributed by atoms with Crippen molar-refractivity contribution in [3.8, 4) is 45.3 Å². The lowest BCUT2D eigenvalue weighted by Crippen LogP contribution is -1.95. The zero-order valence-corrected chi connectivity index (χ0v) is 16.5. The van der Waals surface area contributed by atoms with Crippen LogP contribution in [-0.4, -0.2) is 20.4 Å². The van der Waals surface area contributed by atoms with Crippen molar-refractivity contribution < 1.29 is 29.2 Å². The topological polar surface area (TPSA) is 80.9 Å². The van der Waals surface area contributed by atoms with Crippen LogP contribution in [0.25, 0.3) is 43.8 Å². The Balaban J connectivity index is 1.66. The van der Waals surface area contributed by atoms with E-state index < -0.39 is 11.6 Å². The lowest BCUT2D eigenvalue weighted by molar-refractivity contribution is 0.472. The Hall–Kier alpha value is -4.32. The molecule has 0 saturated heterocycles. The molecule has 6 heteroatoms. The summed E-state index contributed by atoms with van der Waals surface area (Å²) in [6, 6.07) is 17.5. The van der Waals surface area contributed by atoms with E-state index in [0.29, 0.717) is 21.5 Å². The Labute approximate surface area is 180 Å². The van der Waals surface area contributed by atoms with Crippen molar-refractivity contribution in [3.05, 3.63) is 84.4 Å². The van der Waals surface area contributed by atoms with E-state index in [1.807, 2.05) is 0 Å². The molecule has 0 unspecified atom stereocenters. The average Bonchev–Trinajstić information content (AvgIpc) is 2.75. The third kappa shape index (κ3) is 3.13. The fraction of sp³-hybridized carbons (Fsp3) is 0. The molecule has 0 bridgehead atoms. The summed E-state index contributed by atoms with van der Waals surface area (Å²) in [6.45, 7) is 0. The number of halogens is 2. The normalized spacial score (nSPS) is 11.3. The molecule has 0 radical (unpaired) electrons. The molecule has 0 fully saturated rings. The first-order valence-electron chi connectivity index (χ1n) is 9.72. The summed E-state index contributed by atoms with van der Waals surface area (Å²) >= 11 is 0. The van der Waals surface area contributed by atoms with Gasteiger partial charge in [-0.25, -0.2) is 8.78 Å². The maximum Gasteiger partial charge on any atom is 0.167 e. The molecular weight excluding hydrogens is 414 g/mol. The van der Waals surface area contributed by atoms with E-state index in [9.17, 15) is 20.4 Å². The van der Waals surface area contributed by atoms with Crippen LogP contribution in [-0.2, 0) is 0 Å². The van der Waals surface area contributed by atoms with E-state index in [0.717, 1.165) is 0 Å². The Kier molecular flexibility index (Phi) is 4.37. The Morgan fingerprint density at radius 2 is 0.812 bits per heavy atom. The number of hydrogen-bond donors (Lipinski definition) is 4. The fourth-order valence-electron chi connectivity index (χ4n) is 3.94. The fourth-order valence-corrected chi connectivity index (χ4v) is 3.94. The zero-order valence-electron chi connectivity index (χ0n) is 16.5. The molecule has 0 aliphatic rings. The molecular formula is C26H16F2O4. The van der Waals surface area contributed by atoms with E-state index in [2.05, 4.69) is 0 Å². The van der Waals surface area contributed by atoms with Crippen LogP contribution in [0.4, 0.5) is 8.78 Å². The van der Waals surface area contributed by atoms with Crippen LogP contribution >= 0.6 is 0 Å². The Morgan fingerprint density at radius 3 is 1.22 bits per heavy atom. The second-order valence-corrected chi connectivity index (χ2v) is 7.59. The van der Waals surface area contributed by atoms with Gasteiger partial charge in [0.25, 0.3) is 0 Å². The third-order valence-corrected chi connectivity index (χ3v) is 5.54. The quantitative estimate of drug-likeness (QED) is 0.260. The monoisotopic (exact) mass is 430 g/mol. The maximum atomic E-state index is 15.1. The number of aromatic hydroxyl groups is 4. The zero-order chi connectivity index (χ0) is 22.6. The van der Waals surface area contributed by atoms with Crippen LogP contribution in [0.2, 0.25) is 0 Å². The summed E-state index contributed by atoms with van der Waals surface area (Å²) in [6.07, 6.45) is 0. The third-order valence-electron chi connectivity index (χ3n) is 5.54. The number of rotatable bonds is 2. The molecule has 158 valence electrons. The second-order valence-electron chi connectivity index (χ2n) is 7.59. The van der Waals surface area contributed by atoms with E-state index in [1.54, 1.807) is 12.1 Å². The van der Waals surface area contributed by atoms with Gasteiger partial charge in [-0.3, -0.25) is 0 Å². The number of benzene rings is 5. The number of phenols is 4. The molecule has 4 N–H and O–H groups in total. The Morgan fingerprint density at radius 1 is 0.406 bits per heavy atom. The van der Waals surface area contributed by atoms with Gasteiger partial charge in [0.15, 0.2) is 11.6 Å². The predicted molar refractivity (Wildman–Crippen MR) is 119 cm³/mol. The molecule has 5 rings (SSSR count). The minimum absolute atomic E-state index is 0.0247. The average molecular weight is 430 g/mol. The molecule has 0 heterocycles. The van der Waals surface area contributed by atoms with Crippen LogP contribution in [0.15, 0.2) is 72.8 Å². The minimum Gasteiger partial charge on any atom is -0.508 e. The summed E-state index contributed by atoms with van der Waals surface area (Å²) < 4.78 is 30.3. The summed E-state index contributed by atoms with van der Waals surface area (Å²) in [5, 5.41) is 42.4. The van der Waals surface area contributed by atoms with Crippen molar-refractivity contribution in [1.29, 1.82) is 0 Å². The number of fused-ring (bicyclic) bond motifs is 2. The highest BCUT2D eigenvalue weighted by Crippen LogP contribution is 2.41. The lowest BCUT2D eigenvalue weighted by Gasteiger charge is -2.13. The molecule has 5 aromatic rings. The lowest BCUT2D eigenvalue weighted by atomic mass is 9.95. The van der Waals surface area contributed by atoms with Crippen LogP contribution in [0, 0.1) is 11.6 Å². The number of phenolic OH excluding ortho intramolecular Hbond substituents is 4. The van der Waals surface area contributed by atoms with Crippen LogP contribution in [0.5, 0.6) is 23.0 Å².